The Morgan fingerprint density at radius 3 is 2.38 bits per heavy atom. The van der Waals surface area contributed by atoms with Crippen molar-refractivity contribution in [3.05, 3.63) is 0 Å². The van der Waals surface area contributed by atoms with Crippen molar-refractivity contribution in [3.8, 4) is 0 Å². The monoisotopic (exact) mass is 110 g/mol. The number of hydrogen-bond acceptors (Lipinski definition) is 1. The fraction of sp³-hybridized carbons (Fsp3) is 0.857. The van der Waals surface area contributed by atoms with E-state index >= 15 is 0 Å². The molecule has 1 heteroatoms. The average molecular weight is 110 g/mol. The van der Waals surface area contributed by atoms with Crippen molar-refractivity contribution in [1.82, 2.24) is 0 Å². The highest BCUT2D eigenvalue weighted by atomic mass is 16.1. The quantitative estimate of drug-likeness (QED) is 0.498. The maximum atomic E-state index is 10.7. The first kappa shape index (κ1) is 4.54. The summed E-state index contributed by atoms with van der Waals surface area (Å²) in [7, 11) is 0. The number of ketones is 1. The van der Waals surface area contributed by atoms with E-state index in [1.165, 1.54) is 19.3 Å². The molecule has 0 radical (unpaired) electrons. The van der Waals surface area contributed by atoms with Gasteiger partial charge in [0.25, 0.3) is 0 Å². The molecule has 0 heterocycles. The molecule has 0 N–H and O–H groups in total. The highest BCUT2D eigenvalue weighted by Gasteiger charge is 2.64. The summed E-state index contributed by atoms with van der Waals surface area (Å²) < 4.78 is 0. The molecule has 1 unspecified atom stereocenters. The summed E-state index contributed by atoms with van der Waals surface area (Å²) in [5, 5.41) is 0. The Bertz CT molecular complexity index is 144. The van der Waals surface area contributed by atoms with Gasteiger partial charge in [-0.05, 0) is 31.6 Å². The van der Waals surface area contributed by atoms with Crippen molar-refractivity contribution in [2.75, 3.05) is 0 Å². The van der Waals surface area contributed by atoms with Crippen LogP contribution in [-0.2, 0) is 4.79 Å². The third-order valence-electron chi connectivity index (χ3n) is 2.57. The Morgan fingerprint density at radius 2 is 2.25 bits per heavy atom. The van der Waals surface area contributed by atoms with Crippen LogP contribution in [-0.4, -0.2) is 5.78 Å². The largest absolute Gasteiger partial charge is 0.300 e. The first-order valence-corrected chi connectivity index (χ1v) is 3.25. The van der Waals surface area contributed by atoms with E-state index in [1.54, 1.807) is 6.92 Å². The predicted molar refractivity (Wildman–Crippen MR) is 30.5 cm³/mol. The van der Waals surface area contributed by atoms with Crippen LogP contribution in [0.3, 0.4) is 0 Å². The van der Waals surface area contributed by atoms with Crippen LogP contribution in [0, 0.1) is 11.3 Å². The Morgan fingerprint density at radius 1 is 1.62 bits per heavy atom. The second kappa shape index (κ2) is 0.996. The lowest BCUT2D eigenvalue weighted by Crippen LogP contribution is -1.93. The van der Waals surface area contributed by atoms with Gasteiger partial charge in [-0.25, -0.2) is 0 Å². The lowest BCUT2D eigenvalue weighted by Gasteiger charge is -1.83. The standard InChI is InChI=1S/C7H10O/c1-5(8)6-4-7(6)2-3-7/h6H,2-4H2,1H3. The summed E-state index contributed by atoms with van der Waals surface area (Å²) in [5.74, 6) is 0.907. The summed E-state index contributed by atoms with van der Waals surface area (Å²) in [6, 6.07) is 0. The minimum atomic E-state index is 0.419. The predicted octanol–water partition coefficient (Wildman–Crippen LogP) is 1.38. The van der Waals surface area contributed by atoms with E-state index in [0.717, 1.165) is 0 Å². The Hall–Kier alpha value is -0.330. The minimum absolute atomic E-state index is 0.419. The third kappa shape index (κ3) is 0.396. The number of carbonyl (C=O) groups is 1. The Labute approximate surface area is 49.1 Å². The van der Waals surface area contributed by atoms with Gasteiger partial charge in [0.1, 0.15) is 5.78 Å². The third-order valence-corrected chi connectivity index (χ3v) is 2.57. The zero-order valence-corrected chi connectivity index (χ0v) is 5.11. The van der Waals surface area contributed by atoms with Crippen LogP contribution >= 0.6 is 0 Å². The number of carbonyl (C=O) groups excluding carboxylic acids is 1. The zero-order chi connectivity index (χ0) is 5.78. The number of Topliss-reactive ketones (excluding diaryl/α,β-unsaturated/α-hetero) is 1. The molecule has 8 heavy (non-hydrogen) atoms. The van der Waals surface area contributed by atoms with Gasteiger partial charge >= 0.3 is 0 Å². The van der Waals surface area contributed by atoms with Crippen LogP contribution < -0.4 is 0 Å². The second-order valence-electron chi connectivity index (χ2n) is 3.23. The molecular formula is C7H10O. The maximum Gasteiger partial charge on any atom is 0.133 e. The van der Waals surface area contributed by atoms with E-state index in [0.29, 0.717) is 17.1 Å². The molecule has 2 rings (SSSR count). The summed E-state index contributed by atoms with van der Waals surface area (Å²) >= 11 is 0. The summed E-state index contributed by atoms with van der Waals surface area (Å²) in [5.41, 5.74) is 0.589. The Kier molecular flexibility index (Phi) is 0.565. The van der Waals surface area contributed by atoms with Crippen LogP contribution in [0.2, 0.25) is 0 Å². The van der Waals surface area contributed by atoms with E-state index in [-0.39, 0.29) is 0 Å². The van der Waals surface area contributed by atoms with Crippen LogP contribution in [0.25, 0.3) is 0 Å². The van der Waals surface area contributed by atoms with Crippen LogP contribution in [0.5, 0.6) is 0 Å². The van der Waals surface area contributed by atoms with Crippen molar-refractivity contribution >= 4 is 5.78 Å². The fourth-order valence-corrected chi connectivity index (χ4v) is 1.64. The molecule has 0 aromatic rings. The summed E-state index contributed by atoms with van der Waals surface area (Å²) in [4.78, 5) is 10.7. The van der Waals surface area contributed by atoms with E-state index in [9.17, 15) is 4.79 Å². The average Bonchev–Trinajstić information content (AvgIpc) is 2.50. The lowest BCUT2D eigenvalue weighted by molar-refractivity contribution is -0.118. The van der Waals surface area contributed by atoms with Gasteiger partial charge in [-0.2, -0.15) is 0 Å². The second-order valence-corrected chi connectivity index (χ2v) is 3.23. The molecule has 2 saturated carbocycles. The first-order chi connectivity index (χ1) is 3.75. The zero-order valence-electron chi connectivity index (χ0n) is 5.11. The first-order valence-electron chi connectivity index (χ1n) is 3.25. The molecule has 2 fully saturated rings. The number of rotatable bonds is 1. The van der Waals surface area contributed by atoms with E-state index in [1.807, 2.05) is 0 Å². The Balaban J connectivity index is 2.06. The maximum absolute atomic E-state index is 10.7. The summed E-state index contributed by atoms with van der Waals surface area (Å²) in [6.45, 7) is 1.72. The topological polar surface area (TPSA) is 17.1 Å². The molecule has 0 bridgehead atoms. The molecule has 0 aromatic carbocycles. The fourth-order valence-electron chi connectivity index (χ4n) is 1.64. The van der Waals surface area contributed by atoms with Gasteiger partial charge in [0.2, 0.25) is 0 Å². The molecule has 1 atom stereocenters. The van der Waals surface area contributed by atoms with Crippen LogP contribution in [0.15, 0.2) is 0 Å². The van der Waals surface area contributed by atoms with E-state index in [4.69, 9.17) is 0 Å². The van der Waals surface area contributed by atoms with Crippen LogP contribution in [0.4, 0.5) is 0 Å². The molecule has 0 amide bonds. The molecule has 44 valence electrons. The molecule has 0 aliphatic heterocycles. The van der Waals surface area contributed by atoms with Gasteiger partial charge in [-0.15, -0.1) is 0 Å². The molecule has 1 spiro atoms. The normalized spacial score (nSPS) is 37.4. The molecular weight excluding hydrogens is 100 g/mol. The minimum Gasteiger partial charge on any atom is -0.300 e. The smallest absolute Gasteiger partial charge is 0.133 e. The molecule has 2 aliphatic rings. The molecule has 1 nitrogen and oxygen atoms in total. The van der Waals surface area contributed by atoms with Crippen molar-refractivity contribution in [1.29, 1.82) is 0 Å². The van der Waals surface area contributed by atoms with Crippen molar-refractivity contribution in [3.63, 3.8) is 0 Å². The molecule has 2 aliphatic carbocycles. The lowest BCUT2D eigenvalue weighted by atomic mass is 10.2. The highest BCUT2D eigenvalue weighted by molar-refractivity contribution is 5.83. The highest BCUT2D eigenvalue weighted by Crippen LogP contribution is 2.70. The number of hydrogen-bond donors (Lipinski definition) is 0. The molecule has 0 aromatic heterocycles. The van der Waals surface area contributed by atoms with Gasteiger partial charge in [-0.3, -0.25) is 4.79 Å². The molecule has 0 saturated heterocycles. The van der Waals surface area contributed by atoms with E-state index < -0.39 is 0 Å². The van der Waals surface area contributed by atoms with Crippen molar-refractivity contribution in [2.45, 2.75) is 26.2 Å². The van der Waals surface area contributed by atoms with Crippen molar-refractivity contribution in [2.24, 2.45) is 11.3 Å². The SMILES string of the molecule is CC(=O)C1CC12CC2. The van der Waals surface area contributed by atoms with Gasteiger partial charge in [0.15, 0.2) is 0 Å². The van der Waals surface area contributed by atoms with Gasteiger partial charge in [0, 0.05) is 5.92 Å². The van der Waals surface area contributed by atoms with Gasteiger partial charge in [-0.1, -0.05) is 0 Å². The summed E-state index contributed by atoms with van der Waals surface area (Å²) in [6.07, 6.45) is 3.87. The van der Waals surface area contributed by atoms with Crippen LogP contribution in [0.1, 0.15) is 26.2 Å². The van der Waals surface area contributed by atoms with Gasteiger partial charge < -0.3 is 0 Å². The van der Waals surface area contributed by atoms with Crippen molar-refractivity contribution < 1.29 is 4.79 Å². The van der Waals surface area contributed by atoms with E-state index in [2.05, 4.69) is 0 Å². The van der Waals surface area contributed by atoms with Gasteiger partial charge in [0.05, 0.1) is 0 Å².